The molecule has 0 radical (unpaired) electrons. The Kier molecular flexibility index (Phi) is 7.62. The number of fused-ring (bicyclic) bond motifs is 1. The lowest BCUT2D eigenvalue weighted by atomic mass is 10.2. The number of nitrogens with zero attached hydrogens (tertiary/aromatic N) is 2. The highest BCUT2D eigenvalue weighted by Crippen LogP contribution is 2.36. The number of ether oxygens (including phenoxy) is 2. The third-order valence-electron chi connectivity index (χ3n) is 5.00. The maximum Gasteiger partial charge on any atom is 0.232 e. The first-order chi connectivity index (χ1) is 14.8. The van der Waals surface area contributed by atoms with Crippen LogP contribution >= 0.6 is 0 Å². The van der Waals surface area contributed by atoms with Gasteiger partial charge in [0.25, 0.3) is 0 Å². The van der Waals surface area contributed by atoms with Crippen LogP contribution in [0.5, 0.6) is 11.5 Å². The molecule has 0 saturated heterocycles. The number of para-hydroxylation sites is 1. The minimum atomic E-state index is -3.49. The Hall–Kier alpha value is -2.94. The summed E-state index contributed by atoms with van der Waals surface area (Å²) in [7, 11) is -1.47. The zero-order chi connectivity index (χ0) is 22.3. The average Bonchev–Trinajstić information content (AvgIpc) is 3.21. The van der Waals surface area contributed by atoms with Gasteiger partial charge in [-0.3, -0.25) is 9.10 Å². The normalized spacial score (nSPS) is 12.5. The molecule has 9 heteroatoms. The van der Waals surface area contributed by atoms with Gasteiger partial charge in [0.05, 0.1) is 11.9 Å². The molecule has 1 N–H and O–H groups in total. The second-order valence-corrected chi connectivity index (χ2v) is 9.34. The van der Waals surface area contributed by atoms with Crippen molar-refractivity contribution >= 4 is 27.3 Å². The summed E-state index contributed by atoms with van der Waals surface area (Å²) < 4.78 is 36.4. The minimum Gasteiger partial charge on any atom is -0.454 e. The lowest BCUT2D eigenvalue weighted by Crippen LogP contribution is -2.32. The number of benzene rings is 2. The first-order valence-corrected chi connectivity index (χ1v) is 12.1. The smallest absolute Gasteiger partial charge is 0.232 e. The first kappa shape index (κ1) is 22.7. The quantitative estimate of drug-likeness (QED) is 0.533. The molecule has 0 aliphatic carbocycles. The molecule has 0 spiro atoms. The van der Waals surface area contributed by atoms with E-state index in [4.69, 9.17) is 9.47 Å². The highest BCUT2D eigenvalue weighted by molar-refractivity contribution is 7.92. The Balaban J connectivity index is 1.41. The van der Waals surface area contributed by atoms with Gasteiger partial charge in [-0.2, -0.15) is 0 Å². The van der Waals surface area contributed by atoms with Gasteiger partial charge in [-0.25, -0.2) is 8.42 Å². The monoisotopic (exact) mass is 447 g/mol. The molecule has 0 atom stereocenters. The van der Waals surface area contributed by atoms with Crippen molar-refractivity contribution in [2.75, 3.05) is 48.9 Å². The number of rotatable bonds is 11. The van der Waals surface area contributed by atoms with Crippen molar-refractivity contribution in [2.45, 2.75) is 19.3 Å². The molecule has 1 heterocycles. The summed E-state index contributed by atoms with van der Waals surface area (Å²) >= 11 is 0. The minimum absolute atomic E-state index is 0.0819. The van der Waals surface area contributed by atoms with Crippen molar-refractivity contribution in [1.82, 2.24) is 5.32 Å². The van der Waals surface area contributed by atoms with E-state index in [1.54, 1.807) is 18.2 Å². The van der Waals surface area contributed by atoms with Crippen LogP contribution in [-0.4, -0.2) is 54.1 Å². The summed E-state index contributed by atoms with van der Waals surface area (Å²) in [5.74, 6) is 1.03. The molecule has 31 heavy (non-hydrogen) atoms. The molecule has 0 aromatic heterocycles. The van der Waals surface area contributed by atoms with Gasteiger partial charge in [-0.15, -0.1) is 0 Å². The van der Waals surface area contributed by atoms with E-state index < -0.39 is 10.0 Å². The summed E-state index contributed by atoms with van der Waals surface area (Å²) in [5.41, 5.74) is 1.63. The van der Waals surface area contributed by atoms with Gasteiger partial charge in [0.2, 0.25) is 22.7 Å². The van der Waals surface area contributed by atoms with Gasteiger partial charge in [-0.1, -0.05) is 18.2 Å². The molecule has 0 fully saturated rings. The van der Waals surface area contributed by atoms with Gasteiger partial charge in [0.1, 0.15) is 0 Å². The summed E-state index contributed by atoms with van der Waals surface area (Å²) in [4.78, 5) is 14.3. The first-order valence-electron chi connectivity index (χ1n) is 10.2. The number of carbonyl (C=O) groups is 1. The molecule has 3 rings (SSSR count). The van der Waals surface area contributed by atoms with E-state index in [-0.39, 0.29) is 25.7 Å². The summed E-state index contributed by atoms with van der Waals surface area (Å²) in [6.07, 6.45) is 2.65. The predicted octanol–water partition coefficient (Wildman–Crippen LogP) is 2.60. The average molecular weight is 448 g/mol. The molecule has 0 bridgehead atoms. The SMILES string of the molecule is CN(CCCNC(=O)CCCN(c1ccc2c(c1)OCO2)S(C)(=O)=O)c1ccccc1. The fourth-order valence-corrected chi connectivity index (χ4v) is 4.31. The van der Waals surface area contributed by atoms with Crippen molar-refractivity contribution in [1.29, 1.82) is 0 Å². The molecule has 168 valence electrons. The van der Waals surface area contributed by atoms with Crippen molar-refractivity contribution in [3.63, 3.8) is 0 Å². The van der Waals surface area contributed by atoms with Crippen LogP contribution in [0.1, 0.15) is 19.3 Å². The number of amides is 1. The molecule has 8 nitrogen and oxygen atoms in total. The Morgan fingerprint density at radius 3 is 2.48 bits per heavy atom. The van der Waals surface area contributed by atoms with E-state index in [0.717, 1.165) is 24.9 Å². The van der Waals surface area contributed by atoms with Crippen LogP contribution in [0.2, 0.25) is 0 Å². The number of nitrogens with one attached hydrogen (secondary N) is 1. The van der Waals surface area contributed by atoms with Crippen LogP contribution in [0.25, 0.3) is 0 Å². The molecule has 0 unspecified atom stereocenters. The number of hydrogen-bond acceptors (Lipinski definition) is 6. The highest BCUT2D eigenvalue weighted by atomic mass is 32.2. The molecule has 1 aliphatic rings. The number of carbonyl (C=O) groups excluding carboxylic acids is 1. The molecule has 1 aliphatic heterocycles. The highest BCUT2D eigenvalue weighted by Gasteiger charge is 2.21. The van der Waals surface area contributed by atoms with Crippen LogP contribution in [0.4, 0.5) is 11.4 Å². The van der Waals surface area contributed by atoms with Crippen molar-refractivity contribution in [3.05, 3.63) is 48.5 Å². The molecule has 0 saturated carbocycles. The summed E-state index contributed by atoms with van der Waals surface area (Å²) in [5, 5.41) is 2.91. The standard InChI is InChI=1S/C22H29N3O5S/c1-24(18-8-4-3-5-9-18)14-7-13-23-22(26)10-6-15-25(31(2,27)28)19-11-12-20-21(16-19)30-17-29-20/h3-5,8-9,11-12,16H,6-7,10,13-15,17H2,1-2H3,(H,23,26). The fourth-order valence-electron chi connectivity index (χ4n) is 3.35. The van der Waals surface area contributed by atoms with Crippen LogP contribution in [0, 0.1) is 0 Å². The molecular formula is C22H29N3O5S. The third kappa shape index (κ3) is 6.52. The van der Waals surface area contributed by atoms with E-state index in [1.165, 1.54) is 4.31 Å². The van der Waals surface area contributed by atoms with Crippen LogP contribution in [0.3, 0.4) is 0 Å². The topological polar surface area (TPSA) is 88.2 Å². The van der Waals surface area contributed by atoms with E-state index in [2.05, 4.69) is 10.2 Å². The van der Waals surface area contributed by atoms with Gasteiger partial charge in [0, 0.05) is 44.9 Å². The number of sulfonamides is 1. The Labute approximate surface area is 183 Å². The maximum atomic E-state index is 12.2. The lowest BCUT2D eigenvalue weighted by Gasteiger charge is -2.22. The van der Waals surface area contributed by atoms with Crippen molar-refractivity contribution < 1.29 is 22.7 Å². The maximum absolute atomic E-state index is 12.2. The fraction of sp³-hybridized carbons (Fsp3) is 0.409. The number of hydrogen-bond donors (Lipinski definition) is 1. The van der Waals surface area contributed by atoms with E-state index in [9.17, 15) is 13.2 Å². The predicted molar refractivity (Wildman–Crippen MR) is 121 cm³/mol. The van der Waals surface area contributed by atoms with Gasteiger partial charge >= 0.3 is 0 Å². The van der Waals surface area contributed by atoms with E-state index >= 15 is 0 Å². The van der Waals surface area contributed by atoms with E-state index in [1.807, 2.05) is 37.4 Å². The third-order valence-corrected chi connectivity index (χ3v) is 6.19. The van der Waals surface area contributed by atoms with Gasteiger partial charge in [0.15, 0.2) is 11.5 Å². The zero-order valence-electron chi connectivity index (χ0n) is 17.9. The Bertz CT molecular complexity index is 982. The second kappa shape index (κ2) is 10.4. The molecule has 1 amide bonds. The van der Waals surface area contributed by atoms with Gasteiger partial charge in [-0.05, 0) is 37.1 Å². The summed E-state index contributed by atoms with van der Waals surface area (Å²) in [6, 6.07) is 15.1. The summed E-state index contributed by atoms with van der Waals surface area (Å²) in [6.45, 7) is 1.74. The molecule has 2 aromatic carbocycles. The van der Waals surface area contributed by atoms with Crippen LogP contribution < -0.4 is 24.0 Å². The van der Waals surface area contributed by atoms with Crippen LogP contribution in [0.15, 0.2) is 48.5 Å². The zero-order valence-corrected chi connectivity index (χ0v) is 18.7. The lowest BCUT2D eigenvalue weighted by molar-refractivity contribution is -0.121. The number of anilines is 2. The Morgan fingerprint density at radius 1 is 1.00 bits per heavy atom. The van der Waals surface area contributed by atoms with E-state index in [0.29, 0.717) is 30.2 Å². The largest absolute Gasteiger partial charge is 0.454 e. The van der Waals surface area contributed by atoms with Crippen molar-refractivity contribution in [2.24, 2.45) is 0 Å². The van der Waals surface area contributed by atoms with Crippen LogP contribution in [-0.2, 0) is 14.8 Å². The van der Waals surface area contributed by atoms with Crippen molar-refractivity contribution in [3.8, 4) is 11.5 Å². The van der Waals surface area contributed by atoms with Gasteiger partial charge < -0.3 is 19.7 Å². The molecule has 2 aromatic rings. The molecular weight excluding hydrogens is 418 g/mol. The second-order valence-electron chi connectivity index (χ2n) is 7.44. The Morgan fingerprint density at radius 2 is 1.74 bits per heavy atom.